The second-order valence-corrected chi connectivity index (χ2v) is 3.74. The zero-order valence-electron chi connectivity index (χ0n) is 8.07. The molecule has 0 aromatic heterocycles. The van der Waals surface area contributed by atoms with Gasteiger partial charge in [-0.3, -0.25) is 0 Å². The van der Waals surface area contributed by atoms with Crippen LogP contribution in [0.1, 0.15) is 11.7 Å². The molecule has 0 radical (unpaired) electrons. The molecular weight excluding hydrogens is 287 g/mol. The average Bonchev–Trinajstić information content (AvgIpc) is 2.23. The van der Waals surface area contributed by atoms with Crippen molar-refractivity contribution in [1.29, 1.82) is 0 Å². The van der Waals surface area contributed by atoms with E-state index in [2.05, 4.69) is 20.7 Å². The summed E-state index contributed by atoms with van der Waals surface area (Å²) in [7, 11) is 1.11. The number of phenolic OH excluding ortho intramolecular Hbond substituents is 1. The number of carboxylic acids is 1. The smallest absolute Gasteiger partial charge is 0.337 e. The van der Waals surface area contributed by atoms with E-state index >= 15 is 0 Å². The van der Waals surface area contributed by atoms with E-state index in [-0.39, 0.29) is 10.0 Å². The Kier molecular flexibility index (Phi) is 3.71. The molecular formula is C9H8BrFO5. The average molecular weight is 295 g/mol. The molecule has 7 heteroatoms. The van der Waals surface area contributed by atoms with Crippen molar-refractivity contribution in [2.45, 2.75) is 6.10 Å². The molecule has 88 valence electrons. The molecule has 0 saturated heterocycles. The molecule has 0 aliphatic carbocycles. The van der Waals surface area contributed by atoms with Crippen molar-refractivity contribution in [1.82, 2.24) is 0 Å². The fourth-order valence-corrected chi connectivity index (χ4v) is 1.57. The molecule has 1 aromatic carbocycles. The van der Waals surface area contributed by atoms with E-state index < -0.39 is 29.4 Å². The summed E-state index contributed by atoms with van der Waals surface area (Å²) in [6.45, 7) is 0. The molecule has 1 aromatic rings. The van der Waals surface area contributed by atoms with E-state index in [4.69, 9.17) is 5.11 Å². The van der Waals surface area contributed by atoms with Gasteiger partial charge in [-0.25, -0.2) is 9.18 Å². The van der Waals surface area contributed by atoms with Gasteiger partial charge in [0.05, 0.1) is 11.6 Å². The monoisotopic (exact) mass is 294 g/mol. The molecule has 0 heterocycles. The molecule has 16 heavy (non-hydrogen) atoms. The van der Waals surface area contributed by atoms with Crippen molar-refractivity contribution in [3.05, 3.63) is 21.9 Å². The van der Waals surface area contributed by atoms with Crippen LogP contribution < -0.4 is 4.74 Å². The van der Waals surface area contributed by atoms with Crippen LogP contribution in [0.4, 0.5) is 4.39 Å². The molecule has 0 amide bonds. The minimum Gasteiger partial charge on any atom is -0.504 e. The first kappa shape index (κ1) is 12.7. The highest BCUT2D eigenvalue weighted by Crippen LogP contribution is 2.39. The summed E-state index contributed by atoms with van der Waals surface area (Å²) < 4.78 is 17.8. The van der Waals surface area contributed by atoms with Gasteiger partial charge in [0.25, 0.3) is 0 Å². The maximum Gasteiger partial charge on any atom is 0.337 e. The van der Waals surface area contributed by atoms with E-state index in [1.54, 1.807) is 0 Å². The lowest BCUT2D eigenvalue weighted by molar-refractivity contribution is -0.147. The van der Waals surface area contributed by atoms with Crippen molar-refractivity contribution < 1.29 is 29.2 Å². The number of aliphatic carboxylic acids is 1. The number of aliphatic hydroxyl groups excluding tert-OH is 1. The normalized spacial score (nSPS) is 12.2. The van der Waals surface area contributed by atoms with Crippen molar-refractivity contribution in [3.8, 4) is 11.5 Å². The number of carbonyl (C=O) groups is 1. The Bertz CT molecular complexity index is 434. The molecule has 0 fully saturated rings. The topological polar surface area (TPSA) is 87.0 Å². The lowest BCUT2D eigenvalue weighted by Gasteiger charge is -2.13. The zero-order chi connectivity index (χ0) is 12.5. The van der Waals surface area contributed by atoms with Crippen molar-refractivity contribution >= 4 is 21.9 Å². The number of benzene rings is 1. The van der Waals surface area contributed by atoms with Gasteiger partial charge < -0.3 is 20.1 Å². The number of phenols is 1. The number of halogens is 2. The summed E-state index contributed by atoms with van der Waals surface area (Å²) in [5, 5.41) is 27.3. The van der Waals surface area contributed by atoms with Crippen LogP contribution in [0.25, 0.3) is 0 Å². The molecule has 0 aliphatic heterocycles. The Labute approximate surface area is 98.2 Å². The third kappa shape index (κ3) is 2.10. The maximum absolute atomic E-state index is 13.3. The minimum atomic E-state index is -1.95. The van der Waals surface area contributed by atoms with E-state index in [0.717, 1.165) is 13.2 Å². The lowest BCUT2D eigenvalue weighted by Crippen LogP contribution is -2.11. The third-order valence-corrected chi connectivity index (χ3v) is 2.49. The summed E-state index contributed by atoms with van der Waals surface area (Å²) >= 11 is 2.82. The first-order valence-corrected chi connectivity index (χ1v) is 4.85. The van der Waals surface area contributed by atoms with Crippen LogP contribution in [0.15, 0.2) is 10.5 Å². The predicted octanol–water partition coefficient (Wildman–Crippen LogP) is 1.42. The maximum atomic E-state index is 13.3. The van der Waals surface area contributed by atoms with Crippen LogP contribution in [0.2, 0.25) is 0 Å². The Morgan fingerprint density at radius 2 is 2.19 bits per heavy atom. The standard InChI is InChI=1S/C9H8BrFO5/c1-16-8-5(11)4(10)2-3(6(8)12)7(13)9(14)15/h2,7,12-13H,1H3,(H,14,15). The molecule has 1 atom stereocenters. The first-order chi connectivity index (χ1) is 7.40. The molecule has 0 bridgehead atoms. The summed E-state index contributed by atoms with van der Waals surface area (Å²) in [4.78, 5) is 10.5. The number of hydrogen-bond donors (Lipinski definition) is 3. The van der Waals surface area contributed by atoms with Gasteiger partial charge in [0.2, 0.25) is 0 Å². The van der Waals surface area contributed by atoms with Gasteiger partial charge in [-0.2, -0.15) is 0 Å². The summed E-state index contributed by atoms with van der Waals surface area (Å²) in [5.41, 5.74) is -0.349. The summed E-state index contributed by atoms with van der Waals surface area (Å²) in [6.07, 6.45) is -1.95. The van der Waals surface area contributed by atoms with Crippen LogP contribution >= 0.6 is 15.9 Å². The van der Waals surface area contributed by atoms with Crippen molar-refractivity contribution in [3.63, 3.8) is 0 Å². The van der Waals surface area contributed by atoms with Gasteiger partial charge >= 0.3 is 5.97 Å². The lowest BCUT2D eigenvalue weighted by atomic mass is 10.1. The molecule has 0 saturated carbocycles. The Morgan fingerprint density at radius 3 is 2.62 bits per heavy atom. The quantitative estimate of drug-likeness (QED) is 0.785. The Morgan fingerprint density at radius 1 is 1.62 bits per heavy atom. The Balaban J connectivity index is 3.42. The SMILES string of the molecule is COc1c(O)c(C(O)C(=O)O)cc(Br)c1F. The van der Waals surface area contributed by atoms with Gasteiger partial charge in [0.15, 0.2) is 23.4 Å². The van der Waals surface area contributed by atoms with Gasteiger partial charge in [0, 0.05) is 5.56 Å². The van der Waals surface area contributed by atoms with Crippen LogP contribution in [0, 0.1) is 5.82 Å². The van der Waals surface area contributed by atoms with E-state index in [1.165, 1.54) is 0 Å². The molecule has 1 rings (SSSR count). The third-order valence-electron chi connectivity index (χ3n) is 1.91. The van der Waals surface area contributed by atoms with Crippen LogP contribution in [-0.2, 0) is 4.79 Å². The van der Waals surface area contributed by atoms with Crippen molar-refractivity contribution in [2.75, 3.05) is 7.11 Å². The first-order valence-electron chi connectivity index (χ1n) is 4.05. The number of methoxy groups -OCH3 is 1. The molecule has 1 unspecified atom stereocenters. The van der Waals surface area contributed by atoms with Crippen LogP contribution in [0.3, 0.4) is 0 Å². The van der Waals surface area contributed by atoms with Crippen molar-refractivity contribution in [2.24, 2.45) is 0 Å². The zero-order valence-corrected chi connectivity index (χ0v) is 9.65. The molecule has 5 nitrogen and oxygen atoms in total. The highest BCUT2D eigenvalue weighted by molar-refractivity contribution is 9.10. The van der Waals surface area contributed by atoms with Gasteiger partial charge in [-0.1, -0.05) is 0 Å². The Hall–Kier alpha value is -1.34. The number of aromatic hydroxyl groups is 1. The summed E-state index contributed by atoms with van der Waals surface area (Å²) in [6, 6.07) is 0.978. The molecule has 0 aliphatic rings. The number of hydrogen-bond acceptors (Lipinski definition) is 4. The second kappa shape index (κ2) is 4.67. The number of rotatable bonds is 3. The number of ether oxygens (including phenoxy) is 1. The molecule has 3 N–H and O–H groups in total. The van der Waals surface area contributed by atoms with E-state index in [0.29, 0.717) is 0 Å². The fraction of sp³-hybridized carbons (Fsp3) is 0.222. The van der Waals surface area contributed by atoms with Gasteiger partial charge in [0.1, 0.15) is 0 Å². The largest absolute Gasteiger partial charge is 0.504 e. The minimum absolute atomic E-state index is 0.113. The highest BCUT2D eigenvalue weighted by Gasteiger charge is 2.25. The van der Waals surface area contributed by atoms with Gasteiger partial charge in [-0.05, 0) is 22.0 Å². The van der Waals surface area contributed by atoms with E-state index in [9.17, 15) is 19.4 Å². The number of carboxylic acid groups (broad SMARTS) is 1. The van der Waals surface area contributed by atoms with Crippen LogP contribution in [0.5, 0.6) is 11.5 Å². The molecule has 0 spiro atoms. The van der Waals surface area contributed by atoms with Crippen LogP contribution in [-0.4, -0.2) is 28.4 Å². The number of aliphatic hydroxyl groups is 1. The highest BCUT2D eigenvalue weighted by atomic mass is 79.9. The summed E-state index contributed by atoms with van der Waals surface area (Å²) in [5.74, 6) is -3.69. The van der Waals surface area contributed by atoms with Gasteiger partial charge in [-0.15, -0.1) is 0 Å². The second-order valence-electron chi connectivity index (χ2n) is 2.88. The fourth-order valence-electron chi connectivity index (χ4n) is 1.14. The predicted molar refractivity (Wildman–Crippen MR) is 54.9 cm³/mol. The van der Waals surface area contributed by atoms with E-state index in [1.807, 2.05) is 0 Å².